The molecule has 0 saturated carbocycles. The van der Waals surface area contributed by atoms with Gasteiger partial charge in [-0.3, -0.25) is 4.79 Å². The number of aryl methyl sites for hydroxylation is 1. The standard InChI is InChI=1S/C10H10F3N.C4H8O2/c11-10(12,13)9-6-5-7-3-1-2-4-8(7)14-9;1-4(2)6-3-5/h1-4,9,14H,5-6H2;3-4H,1-2H3. The largest absolute Gasteiger partial charge is 0.465 e. The number of alkyl halides is 3. The fraction of sp³-hybridized carbons (Fsp3) is 0.500. The van der Waals surface area contributed by atoms with Crippen molar-refractivity contribution in [1.82, 2.24) is 0 Å². The van der Waals surface area contributed by atoms with Gasteiger partial charge in [0.25, 0.3) is 6.47 Å². The van der Waals surface area contributed by atoms with E-state index in [0.717, 1.165) is 5.56 Å². The summed E-state index contributed by atoms with van der Waals surface area (Å²) in [5.41, 5.74) is 1.58. The molecular formula is C14H18F3NO2. The summed E-state index contributed by atoms with van der Waals surface area (Å²) in [6.07, 6.45) is -3.50. The van der Waals surface area contributed by atoms with Gasteiger partial charge in [0, 0.05) is 5.69 Å². The van der Waals surface area contributed by atoms with E-state index in [9.17, 15) is 18.0 Å². The minimum Gasteiger partial charge on any atom is -0.465 e. The van der Waals surface area contributed by atoms with Crippen molar-refractivity contribution in [3.05, 3.63) is 29.8 Å². The topological polar surface area (TPSA) is 38.3 Å². The van der Waals surface area contributed by atoms with E-state index in [1.807, 2.05) is 12.1 Å². The Morgan fingerprint density at radius 1 is 1.35 bits per heavy atom. The van der Waals surface area contributed by atoms with E-state index in [4.69, 9.17) is 0 Å². The lowest BCUT2D eigenvalue weighted by molar-refractivity contribution is -0.144. The summed E-state index contributed by atoms with van der Waals surface area (Å²) in [5.74, 6) is 0. The van der Waals surface area contributed by atoms with Crippen LogP contribution >= 0.6 is 0 Å². The van der Waals surface area contributed by atoms with Gasteiger partial charge in [-0.05, 0) is 38.3 Å². The van der Waals surface area contributed by atoms with Crippen LogP contribution in [0.1, 0.15) is 25.8 Å². The van der Waals surface area contributed by atoms with E-state index in [2.05, 4.69) is 10.1 Å². The molecule has 0 radical (unpaired) electrons. The van der Waals surface area contributed by atoms with E-state index in [1.54, 1.807) is 26.0 Å². The van der Waals surface area contributed by atoms with Crippen LogP contribution in [0.2, 0.25) is 0 Å². The Kier molecular flexibility index (Phi) is 5.85. The highest BCUT2D eigenvalue weighted by Crippen LogP contribution is 2.32. The molecule has 112 valence electrons. The molecule has 6 heteroatoms. The molecule has 3 nitrogen and oxygen atoms in total. The van der Waals surface area contributed by atoms with Gasteiger partial charge in [0.1, 0.15) is 6.04 Å². The third-order valence-corrected chi connectivity index (χ3v) is 2.77. The summed E-state index contributed by atoms with van der Waals surface area (Å²) in [4.78, 5) is 9.39. The highest BCUT2D eigenvalue weighted by atomic mass is 19.4. The van der Waals surface area contributed by atoms with Crippen LogP contribution in [0.3, 0.4) is 0 Å². The minimum absolute atomic E-state index is 0.0301. The Morgan fingerprint density at radius 2 is 2.00 bits per heavy atom. The second kappa shape index (κ2) is 7.17. The van der Waals surface area contributed by atoms with Gasteiger partial charge in [-0.25, -0.2) is 0 Å². The molecule has 2 rings (SSSR count). The average Bonchev–Trinajstić information content (AvgIpc) is 2.37. The number of carbonyl (C=O) groups is 1. The molecule has 1 atom stereocenters. The van der Waals surface area contributed by atoms with Crippen molar-refractivity contribution in [3.63, 3.8) is 0 Å². The zero-order chi connectivity index (χ0) is 15.2. The average molecular weight is 289 g/mol. The van der Waals surface area contributed by atoms with Gasteiger partial charge in [-0.2, -0.15) is 13.2 Å². The van der Waals surface area contributed by atoms with Crippen molar-refractivity contribution >= 4 is 12.2 Å². The van der Waals surface area contributed by atoms with Gasteiger partial charge in [-0.15, -0.1) is 0 Å². The molecule has 0 bridgehead atoms. The first-order chi connectivity index (χ1) is 9.34. The minimum atomic E-state index is -4.15. The molecule has 0 aliphatic carbocycles. The van der Waals surface area contributed by atoms with E-state index in [0.29, 0.717) is 18.6 Å². The molecule has 1 aliphatic heterocycles. The maximum atomic E-state index is 12.4. The number of halogens is 3. The molecular weight excluding hydrogens is 271 g/mol. The van der Waals surface area contributed by atoms with Crippen LogP contribution in [0.15, 0.2) is 24.3 Å². The van der Waals surface area contributed by atoms with Crippen LogP contribution in [-0.2, 0) is 16.0 Å². The van der Waals surface area contributed by atoms with E-state index < -0.39 is 12.2 Å². The van der Waals surface area contributed by atoms with Crippen LogP contribution in [0.4, 0.5) is 18.9 Å². The van der Waals surface area contributed by atoms with E-state index >= 15 is 0 Å². The van der Waals surface area contributed by atoms with Crippen LogP contribution in [-0.4, -0.2) is 24.8 Å². The molecule has 1 heterocycles. The number of nitrogens with one attached hydrogen (secondary N) is 1. The molecule has 1 aromatic rings. The first kappa shape index (κ1) is 16.3. The molecule has 1 aromatic carbocycles. The van der Waals surface area contributed by atoms with Gasteiger partial charge in [-0.1, -0.05) is 18.2 Å². The predicted octanol–water partition coefficient (Wildman–Crippen LogP) is 3.54. The number of ether oxygens (including phenoxy) is 1. The first-order valence-corrected chi connectivity index (χ1v) is 6.35. The highest BCUT2D eigenvalue weighted by molar-refractivity contribution is 5.53. The monoisotopic (exact) mass is 289 g/mol. The van der Waals surface area contributed by atoms with Crippen molar-refractivity contribution in [2.75, 3.05) is 5.32 Å². The molecule has 1 aliphatic rings. The van der Waals surface area contributed by atoms with Crippen LogP contribution in [0.5, 0.6) is 0 Å². The number of carbonyl (C=O) groups excluding carboxylic acids is 1. The van der Waals surface area contributed by atoms with Gasteiger partial charge in [0.2, 0.25) is 0 Å². The molecule has 0 aromatic heterocycles. The van der Waals surface area contributed by atoms with Crippen molar-refractivity contribution in [1.29, 1.82) is 0 Å². The van der Waals surface area contributed by atoms with Gasteiger partial charge in [0.15, 0.2) is 0 Å². The summed E-state index contributed by atoms with van der Waals surface area (Å²) in [5, 5.41) is 2.51. The molecule has 0 saturated heterocycles. The first-order valence-electron chi connectivity index (χ1n) is 6.35. The van der Waals surface area contributed by atoms with Crippen molar-refractivity contribution in [3.8, 4) is 0 Å². The van der Waals surface area contributed by atoms with E-state index in [-0.39, 0.29) is 12.5 Å². The Hall–Kier alpha value is -1.72. The number of hydrogen-bond acceptors (Lipinski definition) is 3. The molecule has 20 heavy (non-hydrogen) atoms. The molecule has 0 spiro atoms. The number of hydrogen-bond donors (Lipinski definition) is 1. The molecule has 0 fully saturated rings. The predicted molar refractivity (Wildman–Crippen MR) is 70.5 cm³/mol. The lowest BCUT2D eigenvalue weighted by atomic mass is 9.98. The smallest absolute Gasteiger partial charge is 0.408 e. The maximum absolute atomic E-state index is 12.4. The van der Waals surface area contributed by atoms with Gasteiger partial charge >= 0.3 is 6.18 Å². The summed E-state index contributed by atoms with van der Waals surface area (Å²) in [6.45, 7) is 4.05. The summed E-state index contributed by atoms with van der Waals surface area (Å²) < 4.78 is 41.5. The third kappa shape index (κ3) is 5.11. The van der Waals surface area contributed by atoms with Crippen molar-refractivity contribution < 1.29 is 22.7 Å². The Balaban J connectivity index is 0.000000286. The fourth-order valence-electron chi connectivity index (χ4n) is 1.80. The molecule has 0 amide bonds. The zero-order valence-corrected chi connectivity index (χ0v) is 11.4. The van der Waals surface area contributed by atoms with Crippen molar-refractivity contribution in [2.24, 2.45) is 0 Å². The second-order valence-electron chi connectivity index (χ2n) is 4.72. The quantitative estimate of drug-likeness (QED) is 0.846. The number of rotatable bonds is 2. The van der Waals surface area contributed by atoms with Crippen LogP contribution < -0.4 is 5.32 Å². The summed E-state index contributed by atoms with van der Waals surface area (Å²) in [6, 6.07) is 5.73. The third-order valence-electron chi connectivity index (χ3n) is 2.77. The normalized spacial score (nSPS) is 17.4. The molecule has 1 N–H and O–H groups in total. The molecule has 1 unspecified atom stereocenters. The van der Waals surface area contributed by atoms with Crippen LogP contribution in [0, 0.1) is 0 Å². The zero-order valence-electron chi connectivity index (χ0n) is 11.4. The fourth-order valence-corrected chi connectivity index (χ4v) is 1.80. The summed E-state index contributed by atoms with van der Waals surface area (Å²) >= 11 is 0. The van der Waals surface area contributed by atoms with Crippen LogP contribution in [0.25, 0.3) is 0 Å². The number of anilines is 1. The second-order valence-corrected chi connectivity index (χ2v) is 4.72. The van der Waals surface area contributed by atoms with Gasteiger partial charge < -0.3 is 10.1 Å². The number of para-hydroxylation sites is 1. The van der Waals surface area contributed by atoms with Crippen molar-refractivity contribution in [2.45, 2.75) is 45.0 Å². The Bertz CT molecular complexity index is 433. The lowest BCUT2D eigenvalue weighted by Gasteiger charge is -2.28. The number of benzene rings is 1. The summed E-state index contributed by atoms with van der Waals surface area (Å²) in [7, 11) is 0. The lowest BCUT2D eigenvalue weighted by Crippen LogP contribution is -2.39. The Morgan fingerprint density at radius 3 is 2.50 bits per heavy atom. The van der Waals surface area contributed by atoms with Gasteiger partial charge in [0.05, 0.1) is 6.10 Å². The SMILES string of the molecule is CC(C)OC=O.FC(F)(F)C1CCc2ccccc2N1. The highest BCUT2D eigenvalue weighted by Gasteiger charge is 2.40. The maximum Gasteiger partial charge on any atom is 0.408 e. The van der Waals surface area contributed by atoms with E-state index in [1.165, 1.54) is 0 Å². The number of fused-ring (bicyclic) bond motifs is 1. The Labute approximate surface area is 116 Å².